The van der Waals surface area contributed by atoms with Gasteiger partial charge in [0.25, 0.3) is 0 Å². The van der Waals surface area contributed by atoms with Crippen LogP contribution in [0, 0.1) is 11.7 Å². The molecule has 2 bridgehead atoms. The molecule has 3 heterocycles. The molecule has 0 radical (unpaired) electrons. The number of nitrogens with one attached hydrogen (secondary N) is 1. The molecule has 3 nitrogen and oxygen atoms in total. The number of methoxy groups -OCH3 is 1. The van der Waals surface area contributed by atoms with E-state index in [1.54, 1.807) is 12.1 Å². The van der Waals surface area contributed by atoms with E-state index in [2.05, 4.69) is 10.2 Å². The predicted octanol–water partition coefficient (Wildman–Crippen LogP) is 2.02. The highest BCUT2D eigenvalue weighted by Gasteiger charge is 2.33. The summed E-state index contributed by atoms with van der Waals surface area (Å²) in [4.78, 5) is 2.52. The number of halogens is 1. The fourth-order valence-corrected chi connectivity index (χ4v) is 3.27. The average Bonchev–Trinajstić information content (AvgIpc) is 2.46. The van der Waals surface area contributed by atoms with Gasteiger partial charge < -0.3 is 15.0 Å². The minimum Gasteiger partial charge on any atom is -0.494 e. The van der Waals surface area contributed by atoms with Crippen molar-refractivity contribution in [3.05, 3.63) is 29.6 Å². The van der Waals surface area contributed by atoms with Crippen LogP contribution in [0.15, 0.2) is 18.2 Å². The number of hydrogen-bond acceptors (Lipinski definition) is 3. The van der Waals surface area contributed by atoms with Crippen LogP contribution in [0.25, 0.3) is 0 Å². The van der Waals surface area contributed by atoms with Crippen molar-refractivity contribution in [1.82, 2.24) is 10.2 Å². The molecular weight excluding hydrogens is 243 g/mol. The van der Waals surface area contributed by atoms with Gasteiger partial charge >= 0.3 is 0 Å². The highest BCUT2D eigenvalue weighted by atomic mass is 19.1. The van der Waals surface area contributed by atoms with Crippen LogP contribution in [0.3, 0.4) is 0 Å². The molecule has 4 heteroatoms. The monoisotopic (exact) mass is 264 g/mol. The summed E-state index contributed by atoms with van der Waals surface area (Å²) in [5.74, 6) is 0.829. The van der Waals surface area contributed by atoms with Crippen LogP contribution < -0.4 is 10.1 Å². The lowest BCUT2D eigenvalue weighted by atomic mass is 9.84. The summed E-state index contributed by atoms with van der Waals surface area (Å²) in [6.07, 6.45) is 2.60. The lowest BCUT2D eigenvalue weighted by molar-refractivity contribution is 0.0720. The highest BCUT2D eigenvalue weighted by molar-refractivity contribution is 5.29. The molecule has 3 fully saturated rings. The Morgan fingerprint density at radius 3 is 2.74 bits per heavy atom. The second-order valence-electron chi connectivity index (χ2n) is 5.59. The van der Waals surface area contributed by atoms with Crippen LogP contribution in [-0.2, 0) is 6.54 Å². The van der Waals surface area contributed by atoms with E-state index in [0.29, 0.717) is 11.8 Å². The molecule has 1 aromatic carbocycles. The van der Waals surface area contributed by atoms with Gasteiger partial charge in [0.15, 0.2) is 11.6 Å². The van der Waals surface area contributed by atoms with Gasteiger partial charge in [-0.2, -0.15) is 0 Å². The Hall–Kier alpha value is -1.13. The maximum absolute atomic E-state index is 13.6. The molecular formula is C15H21FN2O. The van der Waals surface area contributed by atoms with Gasteiger partial charge in [-0.3, -0.25) is 0 Å². The average molecular weight is 264 g/mol. The van der Waals surface area contributed by atoms with E-state index in [9.17, 15) is 4.39 Å². The first-order valence-electron chi connectivity index (χ1n) is 7.04. The Morgan fingerprint density at radius 1 is 1.37 bits per heavy atom. The third-order valence-corrected chi connectivity index (χ3v) is 4.44. The number of piperidine rings is 3. The van der Waals surface area contributed by atoms with Crippen molar-refractivity contribution < 1.29 is 9.13 Å². The van der Waals surface area contributed by atoms with Gasteiger partial charge in [0.05, 0.1) is 7.11 Å². The topological polar surface area (TPSA) is 24.5 Å². The Kier molecular flexibility index (Phi) is 3.71. The number of nitrogens with zero attached hydrogens (tertiary/aromatic N) is 1. The number of fused-ring (bicyclic) bond motifs is 3. The maximum Gasteiger partial charge on any atom is 0.165 e. The van der Waals surface area contributed by atoms with Crippen LogP contribution in [-0.4, -0.2) is 37.7 Å². The molecule has 0 saturated carbocycles. The van der Waals surface area contributed by atoms with E-state index in [1.807, 2.05) is 6.07 Å². The van der Waals surface area contributed by atoms with E-state index in [0.717, 1.165) is 24.6 Å². The van der Waals surface area contributed by atoms with Crippen molar-refractivity contribution >= 4 is 0 Å². The zero-order valence-electron chi connectivity index (χ0n) is 11.4. The number of ether oxygens (including phenoxy) is 1. The number of hydrogen-bond donors (Lipinski definition) is 1. The van der Waals surface area contributed by atoms with Gasteiger partial charge in [-0.25, -0.2) is 4.39 Å². The lowest BCUT2D eigenvalue weighted by Crippen LogP contribution is -2.55. The molecule has 0 aliphatic carbocycles. The first kappa shape index (κ1) is 12.9. The minimum absolute atomic E-state index is 0.282. The van der Waals surface area contributed by atoms with Crippen molar-refractivity contribution in [3.63, 3.8) is 0 Å². The first-order chi connectivity index (χ1) is 9.26. The Morgan fingerprint density at radius 2 is 2.16 bits per heavy atom. The van der Waals surface area contributed by atoms with Crippen LogP contribution >= 0.6 is 0 Å². The van der Waals surface area contributed by atoms with Crippen LogP contribution in [0.1, 0.15) is 18.4 Å². The van der Waals surface area contributed by atoms with E-state index < -0.39 is 0 Å². The van der Waals surface area contributed by atoms with Crippen molar-refractivity contribution in [2.24, 2.45) is 5.92 Å². The zero-order valence-corrected chi connectivity index (χ0v) is 11.4. The van der Waals surface area contributed by atoms with E-state index in [4.69, 9.17) is 4.74 Å². The second-order valence-corrected chi connectivity index (χ2v) is 5.59. The van der Waals surface area contributed by atoms with Gasteiger partial charge in [0.2, 0.25) is 0 Å². The second kappa shape index (κ2) is 5.47. The Labute approximate surface area is 113 Å². The smallest absolute Gasteiger partial charge is 0.165 e. The fraction of sp³-hybridized carbons (Fsp3) is 0.600. The Balaban J connectivity index is 1.59. The SMILES string of the molecule is COc1ccc(CNC2CN3CCC2CC3)cc1F. The number of benzene rings is 1. The summed E-state index contributed by atoms with van der Waals surface area (Å²) < 4.78 is 18.5. The normalized spacial score (nSPS) is 29.5. The van der Waals surface area contributed by atoms with Crippen molar-refractivity contribution in [2.75, 3.05) is 26.7 Å². The molecule has 4 rings (SSSR count). The molecule has 0 amide bonds. The molecule has 1 unspecified atom stereocenters. The van der Waals surface area contributed by atoms with Gasteiger partial charge in [0.1, 0.15) is 0 Å². The Bertz CT molecular complexity index is 444. The molecule has 19 heavy (non-hydrogen) atoms. The molecule has 3 aliphatic rings. The number of rotatable bonds is 4. The molecule has 3 aliphatic heterocycles. The van der Waals surface area contributed by atoms with Gasteiger partial charge in [-0.05, 0) is 49.5 Å². The molecule has 1 atom stereocenters. The predicted molar refractivity (Wildman–Crippen MR) is 72.7 cm³/mol. The van der Waals surface area contributed by atoms with Crippen molar-refractivity contribution in [3.8, 4) is 5.75 Å². The summed E-state index contributed by atoms with van der Waals surface area (Å²) in [6.45, 7) is 4.37. The molecule has 0 spiro atoms. The zero-order chi connectivity index (χ0) is 13.2. The largest absolute Gasteiger partial charge is 0.494 e. The van der Waals surface area contributed by atoms with Crippen LogP contribution in [0.2, 0.25) is 0 Å². The van der Waals surface area contributed by atoms with Gasteiger partial charge in [-0.1, -0.05) is 6.07 Å². The van der Waals surface area contributed by atoms with E-state index >= 15 is 0 Å². The summed E-state index contributed by atoms with van der Waals surface area (Å²) >= 11 is 0. The quantitative estimate of drug-likeness (QED) is 0.900. The summed E-state index contributed by atoms with van der Waals surface area (Å²) in [7, 11) is 1.49. The van der Waals surface area contributed by atoms with Crippen molar-refractivity contribution in [1.29, 1.82) is 0 Å². The van der Waals surface area contributed by atoms with Gasteiger partial charge in [-0.15, -0.1) is 0 Å². The maximum atomic E-state index is 13.6. The summed E-state index contributed by atoms with van der Waals surface area (Å²) in [5.41, 5.74) is 0.981. The third kappa shape index (κ3) is 2.74. The molecule has 104 valence electrons. The molecule has 1 aromatic rings. The molecule has 1 N–H and O–H groups in total. The summed E-state index contributed by atoms with van der Waals surface area (Å²) in [5, 5.41) is 3.58. The third-order valence-electron chi connectivity index (χ3n) is 4.44. The van der Waals surface area contributed by atoms with E-state index in [1.165, 1.54) is 33.0 Å². The van der Waals surface area contributed by atoms with Crippen LogP contribution in [0.5, 0.6) is 5.75 Å². The first-order valence-corrected chi connectivity index (χ1v) is 7.04. The van der Waals surface area contributed by atoms with Crippen molar-refractivity contribution in [2.45, 2.75) is 25.4 Å². The molecule has 0 aromatic heterocycles. The lowest BCUT2D eigenvalue weighted by Gasteiger charge is -2.45. The molecule has 3 saturated heterocycles. The standard InChI is InChI=1S/C15H21FN2O/c1-19-15-3-2-11(8-13(15)16)9-17-14-10-18-6-4-12(14)5-7-18/h2-3,8,12,14,17H,4-7,9-10H2,1H3. The summed E-state index contributed by atoms with van der Waals surface area (Å²) in [6, 6.07) is 5.75. The van der Waals surface area contributed by atoms with Crippen LogP contribution in [0.4, 0.5) is 4.39 Å². The van der Waals surface area contributed by atoms with Gasteiger partial charge in [0, 0.05) is 19.1 Å². The fourth-order valence-electron chi connectivity index (χ4n) is 3.27. The van der Waals surface area contributed by atoms with E-state index in [-0.39, 0.29) is 5.82 Å². The minimum atomic E-state index is -0.282. The highest BCUT2D eigenvalue weighted by Crippen LogP contribution is 2.27.